The number of piperidine rings is 1. The van der Waals surface area contributed by atoms with Crippen molar-refractivity contribution in [1.29, 1.82) is 0 Å². The van der Waals surface area contributed by atoms with E-state index >= 15 is 0 Å². The van der Waals surface area contributed by atoms with Gasteiger partial charge in [0.2, 0.25) is 0 Å². The van der Waals surface area contributed by atoms with Crippen LogP contribution in [0.1, 0.15) is 50.2 Å². The highest BCUT2D eigenvalue weighted by atomic mass is 32.2. The van der Waals surface area contributed by atoms with Crippen LogP contribution in [0.4, 0.5) is 9.18 Å². The molecule has 31 heavy (non-hydrogen) atoms. The summed E-state index contributed by atoms with van der Waals surface area (Å²) < 4.78 is 48.1. The van der Waals surface area contributed by atoms with Crippen molar-refractivity contribution in [1.82, 2.24) is 9.88 Å². The van der Waals surface area contributed by atoms with E-state index in [1.807, 2.05) is 26.2 Å². The molecule has 0 bridgehead atoms. The van der Waals surface area contributed by atoms with Gasteiger partial charge in [0.15, 0.2) is 21.4 Å². The van der Waals surface area contributed by atoms with Crippen LogP contribution in [0.2, 0.25) is 0 Å². The molecule has 2 aromatic rings. The molecule has 0 aliphatic carbocycles. The molecule has 0 N–H and O–H groups in total. The van der Waals surface area contributed by atoms with E-state index < -0.39 is 21.3 Å². The number of rotatable bonds is 5. The van der Waals surface area contributed by atoms with Crippen LogP contribution >= 0.6 is 11.3 Å². The van der Waals surface area contributed by atoms with E-state index in [2.05, 4.69) is 4.98 Å². The predicted molar refractivity (Wildman–Crippen MR) is 116 cm³/mol. The number of hydrogen-bond donors (Lipinski definition) is 0. The van der Waals surface area contributed by atoms with E-state index in [1.165, 1.54) is 23.5 Å². The average Bonchev–Trinajstić information content (AvgIpc) is 3.14. The third kappa shape index (κ3) is 6.39. The number of hydrogen-bond acceptors (Lipinski definition) is 7. The number of halogens is 1. The van der Waals surface area contributed by atoms with Crippen LogP contribution < -0.4 is 4.74 Å². The lowest BCUT2D eigenvalue weighted by Crippen LogP contribution is -2.41. The fraction of sp³-hybridized carbons (Fsp3) is 0.524. The number of aromatic nitrogens is 1. The van der Waals surface area contributed by atoms with Crippen LogP contribution in [-0.2, 0) is 21.2 Å². The second kappa shape index (κ2) is 9.12. The van der Waals surface area contributed by atoms with Gasteiger partial charge in [-0.2, -0.15) is 0 Å². The number of ether oxygens (including phenoxy) is 2. The van der Waals surface area contributed by atoms with Crippen molar-refractivity contribution in [2.45, 2.75) is 56.6 Å². The molecule has 1 aromatic carbocycles. The van der Waals surface area contributed by atoms with E-state index in [0.29, 0.717) is 18.8 Å². The highest BCUT2D eigenvalue weighted by molar-refractivity contribution is 7.90. The summed E-state index contributed by atoms with van der Waals surface area (Å²) in [4.78, 5) is 18.4. The van der Waals surface area contributed by atoms with Crippen LogP contribution in [0, 0.1) is 5.82 Å². The maximum Gasteiger partial charge on any atom is 0.410 e. The SMILES string of the molecule is CC(C)(C)OC(=O)N1CCC(c2nc(COc3ccc(S(C)(=O)=O)cc3F)cs2)CC1. The monoisotopic (exact) mass is 470 g/mol. The molecule has 1 aliphatic heterocycles. The Hall–Kier alpha value is -2.20. The number of likely N-dealkylation sites (tertiary alicyclic amines) is 1. The van der Waals surface area contributed by atoms with E-state index in [1.54, 1.807) is 4.90 Å². The molecule has 1 aromatic heterocycles. The molecule has 1 aliphatic rings. The molecule has 0 saturated carbocycles. The number of carbonyl (C=O) groups is 1. The predicted octanol–water partition coefficient (Wildman–Crippen LogP) is 4.38. The minimum Gasteiger partial charge on any atom is -0.484 e. The van der Waals surface area contributed by atoms with E-state index in [0.717, 1.165) is 30.2 Å². The largest absolute Gasteiger partial charge is 0.484 e. The van der Waals surface area contributed by atoms with Gasteiger partial charge in [-0.15, -0.1) is 11.3 Å². The van der Waals surface area contributed by atoms with Gasteiger partial charge >= 0.3 is 6.09 Å². The first-order chi connectivity index (χ1) is 14.4. The molecule has 0 unspecified atom stereocenters. The minimum atomic E-state index is -3.48. The van der Waals surface area contributed by atoms with E-state index in [4.69, 9.17) is 9.47 Å². The summed E-state index contributed by atoms with van der Waals surface area (Å²) in [6, 6.07) is 3.58. The fourth-order valence-corrected chi connectivity index (χ4v) is 4.80. The number of nitrogens with zero attached hydrogens (tertiary/aromatic N) is 2. The molecule has 10 heteroatoms. The quantitative estimate of drug-likeness (QED) is 0.645. The lowest BCUT2D eigenvalue weighted by atomic mass is 9.98. The van der Waals surface area contributed by atoms with Crippen LogP contribution in [0.5, 0.6) is 5.75 Å². The molecular formula is C21H27FN2O5S2. The van der Waals surface area contributed by atoms with Crippen molar-refractivity contribution >= 4 is 27.3 Å². The van der Waals surface area contributed by atoms with Gasteiger partial charge in [0.25, 0.3) is 0 Å². The van der Waals surface area contributed by atoms with Gasteiger partial charge < -0.3 is 14.4 Å². The first-order valence-electron chi connectivity index (χ1n) is 9.97. The molecule has 2 heterocycles. The van der Waals surface area contributed by atoms with Gasteiger partial charge in [0.1, 0.15) is 12.2 Å². The van der Waals surface area contributed by atoms with E-state index in [9.17, 15) is 17.6 Å². The molecule has 1 saturated heterocycles. The number of sulfone groups is 1. The topological polar surface area (TPSA) is 85.8 Å². The molecule has 7 nitrogen and oxygen atoms in total. The number of amides is 1. The summed E-state index contributed by atoms with van der Waals surface area (Å²) in [5, 5.41) is 2.84. The van der Waals surface area contributed by atoms with Gasteiger partial charge in [-0.3, -0.25) is 0 Å². The maximum absolute atomic E-state index is 14.1. The summed E-state index contributed by atoms with van der Waals surface area (Å²) in [6.07, 6.45) is 2.34. The molecule has 0 spiro atoms. The van der Waals surface area contributed by atoms with Crippen molar-refractivity contribution in [2.24, 2.45) is 0 Å². The van der Waals surface area contributed by atoms with Gasteiger partial charge in [-0.05, 0) is 51.8 Å². The van der Waals surface area contributed by atoms with Crippen LogP contribution in [0.3, 0.4) is 0 Å². The molecule has 170 valence electrons. The Kier molecular flexibility index (Phi) is 6.90. The van der Waals surface area contributed by atoms with Crippen molar-refractivity contribution in [3.63, 3.8) is 0 Å². The van der Waals surface area contributed by atoms with Crippen molar-refractivity contribution in [3.8, 4) is 5.75 Å². The number of carbonyl (C=O) groups excluding carboxylic acids is 1. The molecule has 0 atom stereocenters. The Morgan fingerprint density at radius 3 is 2.55 bits per heavy atom. The zero-order chi connectivity index (χ0) is 22.8. The summed E-state index contributed by atoms with van der Waals surface area (Å²) in [5.41, 5.74) is 0.170. The Morgan fingerprint density at radius 1 is 1.29 bits per heavy atom. The molecule has 1 fully saturated rings. The minimum absolute atomic E-state index is 0.0207. The Morgan fingerprint density at radius 2 is 1.97 bits per heavy atom. The van der Waals surface area contributed by atoms with E-state index in [-0.39, 0.29) is 29.3 Å². The first kappa shape index (κ1) is 23.5. The van der Waals surface area contributed by atoms with Gasteiger partial charge in [-0.25, -0.2) is 22.6 Å². The second-order valence-corrected chi connectivity index (χ2v) is 11.5. The third-order valence-electron chi connectivity index (χ3n) is 4.77. The Bertz CT molecular complexity index is 1040. The fourth-order valence-electron chi connectivity index (χ4n) is 3.19. The van der Waals surface area contributed by atoms with Gasteiger partial charge in [0.05, 0.1) is 15.6 Å². The Labute approximate surface area is 186 Å². The summed E-state index contributed by atoms with van der Waals surface area (Å²) in [6.45, 7) is 6.86. The highest BCUT2D eigenvalue weighted by Crippen LogP contribution is 2.31. The second-order valence-electron chi connectivity index (χ2n) is 8.57. The smallest absolute Gasteiger partial charge is 0.410 e. The van der Waals surface area contributed by atoms with Gasteiger partial charge in [-0.1, -0.05) is 0 Å². The Balaban J connectivity index is 1.54. The van der Waals surface area contributed by atoms with Crippen LogP contribution in [0.25, 0.3) is 0 Å². The number of benzene rings is 1. The lowest BCUT2D eigenvalue weighted by Gasteiger charge is -2.32. The molecular weight excluding hydrogens is 443 g/mol. The molecule has 1 amide bonds. The highest BCUT2D eigenvalue weighted by Gasteiger charge is 2.28. The molecule has 3 rings (SSSR count). The van der Waals surface area contributed by atoms with Gasteiger partial charge in [0, 0.05) is 30.6 Å². The van der Waals surface area contributed by atoms with Crippen LogP contribution in [0.15, 0.2) is 28.5 Å². The van der Waals surface area contributed by atoms with Crippen molar-refractivity contribution in [3.05, 3.63) is 40.1 Å². The average molecular weight is 471 g/mol. The van der Waals surface area contributed by atoms with Crippen molar-refractivity contribution < 1.29 is 27.1 Å². The standard InChI is InChI=1S/C21H27FN2O5S2/c1-21(2,3)29-20(25)24-9-7-14(8-10-24)19-23-15(13-30-19)12-28-18-6-5-16(11-17(18)22)31(4,26)27/h5-6,11,13-14H,7-10,12H2,1-4H3. The third-order valence-corrected chi connectivity index (χ3v) is 6.94. The summed E-state index contributed by atoms with van der Waals surface area (Å²) >= 11 is 1.52. The van der Waals surface area contributed by atoms with Crippen LogP contribution in [-0.4, -0.2) is 49.3 Å². The zero-order valence-electron chi connectivity index (χ0n) is 18.1. The normalized spacial score (nSPS) is 15.7. The number of thiazole rings is 1. The summed E-state index contributed by atoms with van der Waals surface area (Å²) in [7, 11) is -3.48. The molecule has 0 radical (unpaired) electrons. The van der Waals surface area contributed by atoms with Crippen molar-refractivity contribution in [2.75, 3.05) is 19.3 Å². The lowest BCUT2D eigenvalue weighted by molar-refractivity contribution is 0.0204. The maximum atomic E-state index is 14.1. The summed E-state index contributed by atoms with van der Waals surface area (Å²) in [5.74, 6) is -0.497. The first-order valence-corrected chi connectivity index (χ1v) is 12.7. The zero-order valence-corrected chi connectivity index (χ0v) is 19.7.